The third kappa shape index (κ3) is 0.278. The molecule has 0 radical (unpaired) electrons. The Balaban J connectivity index is 2.15. The maximum atomic E-state index is 2.42. The lowest BCUT2D eigenvalue weighted by molar-refractivity contribution is -0.863. The van der Waals surface area contributed by atoms with Gasteiger partial charge in [0.1, 0.15) is 6.54 Å². The standard InChI is InChI=1S/C7H14N/c1-3-8-5-4-7(8,2)6-8/h3-6H2,1-2H3/q+1. The van der Waals surface area contributed by atoms with E-state index in [-0.39, 0.29) is 0 Å². The van der Waals surface area contributed by atoms with Crippen LogP contribution in [0.1, 0.15) is 20.3 Å². The molecule has 0 amide bonds. The summed E-state index contributed by atoms with van der Waals surface area (Å²) >= 11 is 0. The van der Waals surface area contributed by atoms with Gasteiger partial charge >= 0.3 is 0 Å². The smallest absolute Gasteiger partial charge is 0.151 e. The lowest BCUT2D eigenvalue weighted by atomic mass is 10.0. The molecule has 2 aliphatic heterocycles. The Morgan fingerprint density at radius 3 is 2.38 bits per heavy atom. The van der Waals surface area contributed by atoms with Gasteiger partial charge in [0.05, 0.1) is 19.5 Å². The maximum Gasteiger partial charge on any atom is 0.151 e. The van der Waals surface area contributed by atoms with Crippen LogP contribution in [0.25, 0.3) is 0 Å². The third-order valence-electron chi connectivity index (χ3n) is 3.37. The Morgan fingerprint density at radius 2 is 2.38 bits per heavy atom. The molecule has 0 saturated carbocycles. The minimum Gasteiger partial charge on any atom is -0.309 e. The van der Waals surface area contributed by atoms with E-state index in [1.807, 2.05) is 0 Å². The van der Waals surface area contributed by atoms with Crippen LogP contribution in [-0.4, -0.2) is 29.7 Å². The quantitative estimate of drug-likeness (QED) is 0.350. The Hall–Kier alpha value is -0.0400. The zero-order valence-electron chi connectivity index (χ0n) is 5.78. The van der Waals surface area contributed by atoms with E-state index in [0.29, 0.717) is 0 Å². The zero-order chi connectivity index (χ0) is 5.83. The predicted octanol–water partition coefficient (Wildman–Crippen LogP) is 0.999. The number of hydrogen-bond acceptors (Lipinski definition) is 0. The monoisotopic (exact) mass is 112 g/mol. The van der Waals surface area contributed by atoms with Gasteiger partial charge in [-0.15, -0.1) is 0 Å². The summed E-state index contributed by atoms with van der Waals surface area (Å²) in [5.74, 6) is 0. The summed E-state index contributed by atoms with van der Waals surface area (Å²) < 4.78 is 1.45. The summed E-state index contributed by atoms with van der Waals surface area (Å²) in [4.78, 5) is 0. The highest BCUT2D eigenvalue weighted by atomic mass is 15.6. The number of rotatable bonds is 1. The van der Waals surface area contributed by atoms with Gasteiger partial charge in [-0.25, -0.2) is 0 Å². The van der Waals surface area contributed by atoms with E-state index in [1.165, 1.54) is 30.5 Å². The van der Waals surface area contributed by atoms with Gasteiger partial charge in [0.2, 0.25) is 0 Å². The molecule has 2 rings (SSSR count). The van der Waals surface area contributed by atoms with Gasteiger partial charge in [0, 0.05) is 0 Å². The third-order valence-corrected chi connectivity index (χ3v) is 3.37. The van der Waals surface area contributed by atoms with Crippen molar-refractivity contribution < 1.29 is 4.48 Å². The molecule has 0 aromatic rings. The van der Waals surface area contributed by atoms with Crippen molar-refractivity contribution in [3.8, 4) is 0 Å². The first-order chi connectivity index (χ1) is 3.72. The highest BCUT2D eigenvalue weighted by Crippen LogP contribution is 2.53. The van der Waals surface area contributed by atoms with Gasteiger partial charge in [0.15, 0.2) is 5.54 Å². The predicted molar refractivity (Wildman–Crippen MR) is 33.6 cm³/mol. The van der Waals surface area contributed by atoms with Gasteiger partial charge in [-0.2, -0.15) is 0 Å². The second-order valence-corrected chi connectivity index (χ2v) is 3.59. The molecule has 2 unspecified atom stereocenters. The molecule has 0 aromatic heterocycles. The Labute approximate surface area is 50.9 Å². The van der Waals surface area contributed by atoms with Gasteiger partial charge in [-0.1, -0.05) is 0 Å². The van der Waals surface area contributed by atoms with E-state index < -0.39 is 0 Å². The van der Waals surface area contributed by atoms with E-state index in [2.05, 4.69) is 13.8 Å². The molecule has 0 aliphatic carbocycles. The van der Waals surface area contributed by atoms with Crippen LogP contribution in [-0.2, 0) is 0 Å². The van der Waals surface area contributed by atoms with Crippen LogP contribution in [0.15, 0.2) is 0 Å². The van der Waals surface area contributed by atoms with Gasteiger partial charge in [-0.3, -0.25) is 0 Å². The van der Waals surface area contributed by atoms with E-state index in [1.54, 1.807) is 0 Å². The van der Waals surface area contributed by atoms with Crippen molar-refractivity contribution in [2.75, 3.05) is 19.6 Å². The first kappa shape index (κ1) is 4.80. The molecule has 2 aliphatic rings. The molecule has 8 heavy (non-hydrogen) atoms. The van der Waals surface area contributed by atoms with Crippen LogP contribution in [0.4, 0.5) is 0 Å². The fourth-order valence-electron chi connectivity index (χ4n) is 2.24. The molecule has 0 spiro atoms. The molecule has 46 valence electrons. The summed E-state index contributed by atoms with van der Waals surface area (Å²) in [5, 5.41) is 0. The first-order valence-electron chi connectivity index (χ1n) is 3.59. The van der Waals surface area contributed by atoms with Crippen LogP contribution >= 0.6 is 0 Å². The summed E-state index contributed by atoms with van der Waals surface area (Å²) in [6.45, 7) is 9.04. The SMILES string of the molecule is CC[N+]12CCC1(C)C2. The average molecular weight is 112 g/mol. The molecule has 2 atom stereocenters. The molecule has 2 fully saturated rings. The van der Waals surface area contributed by atoms with Crippen LogP contribution in [0.2, 0.25) is 0 Å². The second kappa shape index (κ2) is 0.971. The van der Waals surface area contributed by atoms with E-state index in [4.69, 9.17) is 0 Å². The molecule has 1 heteroatoms. The average Bonchev–Trinajstić information content (AvgIpc) is 2.15. The largest absolute Gasteiger partial charge is 0.309 e. The van der Waals surface area contributed by atoms with Gasteiger partial charge in [0.25, 0.3) is 0 Å². The van der Waals surface area contributed by atoms with Crippen molar-refractivity contribution in [1.82, 2.24) is 0 Å². The van der Waals surface area contributed by atoms with E-state index >= 15 is 0 Å². The number of likely N-dealkylation sites (N-methyl/N-ethyl adjacent to an activating group) is 1. The van der Waals surface area contributed by atoms with Crippen molar-refractivity contribution in [3.05, 3.63) is 0 Å². The Bertz CT molecular complexity index is 128. The highest BCUT2D eigenvalue weighted by molar-refractivity contribution is 4.97. The molecule has 1 nitrogen and oxygen atoms in total. The normalized spacial score (nSPS) is 59.2. The maximum absolute atomic E-state index is 2.42. The van der Waals surface area contributed by atoms with Crippen molar-refractivity contribution in [3.63, 3.8) is 0 Å². The molecule has 0 bridgehead atoms. The lowest BCUT2D eigenvalue weighted by Gasteiger charge is -2.31. The van der Waals surface area contributed by atoms with Crippen molar-refractivity contribution in [1.29, 1.82) is 0 Å². The lowest BCUT2D eigenvalue weighted by Crippen LogP contribution is -2.46. The fraction of sp³-hybridized carbons (Fsp3) is 1.00. The minimum atomic E-state index is 0.773. The van der Waals surface area contributed by atoms with Gasteiger partial charge < -0.3 is 4.48 Å². The van der Waals surface area contributed by atoms with E-state index in [9.17, 15) is 0 Å². The fourth-order valence-corrected chi connectivity index (χ4v) is 2.24. The number of hydrogen-bond donors (Lipinski definition) is 0. The summed E-state index contributed by atoms with van der Waals surface area (Å²) in [6, 6.07) is 0. The first-order valence-corrected chi connectivity index (χ1v) is 3.59. The van der Waals surface area contributed by atoms with Crippen LogP contribution in [0, 0.1) is 0 Å². The molecule has 2 saturated heterocycles. The second-order valence-electron chi connectivity index (χ2n) is 3.59. The molecular weight excluding hydrogens is 98.1 g/mol. The summed E-state index contributed by atoms with van der Waals surface area (Å²) in [7, 11) is 0. The highest BCUT2D eigenvalue weighted by Gasteiger charge is 2.72. The Morgan fingerprint density at radius 1 is 1.62 bits per heavy atom. The Kier molecular flexibility index (Phi) is 0.583. The molecule has 2 heterocycles. The topological polar surface area (TPSA) is 0 Å². The van der Waals surface area contributed by atoms with Gasteiger partial charge in [-0.05, 0) is 13.8 Å². The minimum absolute atomic E-state index is 0.773. The number of quaternary nitrogens is 1. The number of nitrogens with zero attached hydrogens (tertiary/aromatic N) is 1. The summed E-state index contributed by atoms with van der Waals surface area (Å²) in [6.07, 6.45) is 1.49. The van der Waals surface area contributed by atoms with E-state index in [0.717, 1.165) is 5.54 Å². The number of fused-ring (bicyclic) bond motifs is 1. The van der Waals surface area contributed by atoms with Crippen LogP contribution < -0.4 is 0 Å². The summed E-state index contributed by atoms with van der Waals surface area (Å²) in [5.41, 5.74) is 0.773. The van der Waals surface area contributed by atoms with Crippen molar-refractivity contribution in [2.24, 2.45) is 0 Å². The molecule has 0 aromatic carbocycles. The van der Waals surface area contributed by atoms with Crippen molar-refractivity contribution in [2.45, 2.75) is 25.8 Å². The van der Waals surface area contributed by atoms with Crippen LogP contribution in [0.3, 0.4) is 0 Å². The van der Waals surface area contributed by atoms with Crippen LogP contribution in [0.5, 0.6) is 0 Å². The molecular formula is C7H14N+. The zero-order valence-corrected chi connectivity index (χ0v) is 5.78. The molecule has 0 N–H and O–H groups in total. The van der Waals surface area contributed by atoms with Crippen molar-refractivity contribution >= 4 is 0 Å².